The number of methoxy groups -OCH3 is 2. The second-order valence-electron chi connectivity index (χ2n) is 5.41. The van der Waals surface area contributed by atoms with Crippen LogP contribution in [0.15, 0.2) is 18.2 Å². The van der Waals surface area contributed by atoms with Gasteiger partial charge in [-0.15, -0.1) is 0 Å². The third-order valence-corrected chi connectivity index (χ3v) is 3.90. The maximum Gasteiger partial charge on any atom is 0.224 e. The summed E-state index contributed by atoms with van der Waals surface area (Å²) in [5.74, 6) is 1.88. The lowest BCUT2D eigenvalue weighted by atomic mass is 10.0. The zero-order chi connectivity index (χ0) is 15.8. The van der Waals surface area contributed by atoms with Crippen LogP contribution in [-0.2, 0) is 11.2 Å². The van der Waals surface area contributed by atoms with Gasteiger partial charge < -0.3 is 14.8 Å². The molecular weight excluding hydrogens is 334 g/mol. The zero-order valence-corrected chi connectivity index (χ0v) is 14.7. The number of hydrogen-bond acceptors (Lipinski definition) is 3. The predicted molar refractivity (Wildman–Crippen MR) is 88.4 cm³/mol. The van der Waals surface area contributed by atoms with E-state index in [1.54, 1.807) is 14.2 Å². The molecule has 0 aliphatic heterocycles. The standard InChI is InChI=1S/C16H24BrNO3/c1-11(2)7-13(10-17)18-16(19)9-12-5-6-14(20-3)15(8-12)21-4/h5-6,8,11,13H,7,9-10H2,1-4H3,(H,18,19). The minimum absolute atomic E-state index is 0.0207. The molecule has 1 N–H and O–H groups in total. The van der Waals surface area contributed by atoms with Gasteiger partial charge in [-0.3, -0.25) is 4.79 Å². The number of nitrogens with one attached hydrogen (secondary N) is 1. The normalized spacial score (nSPS) is 12.1. The Hall–Kier alpha value is -1.23. The molecule has 0 fully saturated rings. The molecule has 0 radical (unpaired) electrons. The van der Waals surface area contributed by atoms with Crippen LogP contribution in [0.2, 0.25) is 0 Å². The summed E-state index contributed by atoms with van der Waals surface area (Å²) in [6.07, 6.45) is 1.30. The molecule has 0 heterocycles. The van der Waals surface area contributed by atoms with E-state index in [2.05, 4.69) is 35.1 Å². The second kappa shape index (κ2) is 8.93. The molecule has 1 aromatic rings. The Balaban J connectivity index is 2.65. The van der Waals surface area contributed by atoms with Crippen molar-refractivity contribution in [3.63, 3.8) is 0 Å². The van der Waals surface area contributed by atoms with Gasteiger partial charge in [-0.1, -0.05) is 35.8 Å². The fourth-order valence-corrected chi connectivity index (χ4v) is 2.61. The molecule has 1 atom stereocenters. The molecule has 0 saturated heterocycles. The molecule has 5 heteroatoms. The van der Waals surface area contributed by atoms with Gasteiger partial charge in [-0.2, -0.15) is 0 Å². The van der Waals surface area contributed by atoms with Gasteiger partial charge in [-0.05, 0) is 30.0 Å². The molecule has 4 nitrogen and oxygen atoms in total. The maximum atomic E-state index is 12.1. The summed E-state index contributed by atoms with van der Waals surface area (Å²) in [5, 5.41) is 3.82. The number of hydrogen-bond donors (Lipinski definition) is 1. The van der Waals surface area contributed by atoms with Crippen LogP contribution in [0.5, 0.6) is 11.5 Å². The highest BCUT2D eigenvalue weighted by Gasteiger charge is 2.14. The van der Waals surface area contributed by atoms with Crippen molar-refractivity contribution in [3.8, 4) is 11.5 Å². The summed E-state index contributed by atoms with van der Waals surface area (Å²) < 4.78 is 10.4. The number of rotatable bonds is 8. The summed E-state index contributed by atoms with van der Waals surface area (Å²) in [5.41, 5.74) is 0.906. The zero-order valence-electron chi connectivity index (χ0n) is 13.1. The molecule has 1 amide bonds. The van der Waals surface area contributed by atoms with Crippen LogP contribution < -0.4 is 14.8 Å². The van der Waals surface area contributed by atoms with Crippen LogP contribution in [0.4, 0.5) is 0 Å². The minimum atomic E-state index is 0.0207. The molecule has 0 aliphatic rings. The first-order valence-electron chi connectivity index (χ1n) is 7.06. The Morgan fingerprint density at radius 1 is 1.24 bits per heavy atom. The highest BCUT2D eigenvalue weighted by atomic mass is 79.9. The summed E-state index contributed by atoms with van der Waals surface area (Å²) in [4.78, 5) is 12.1. The van der Waals surface area contributed by atoms with E-state index in [0.717, 1.165) is 17.3 Å². The van der Waals surface area contributed by atoms with Crippen LogP contribution in [0.1, 0.15) is 25.8 Å². The summed E-state index contributed by atoms with van der Waals surface area (Å²) in [7, 11) is 3.18. The molecule has 0 aliphatic carbocycles. The van der Waals surface area contributed by atoms with Crippen molar-refractivity contribution in [2.24, 2.45) is 5.92 Å². The van der Waals surface area contributed by atoms with Gasteiger partial charge >= 0.3 is 0 Å². The number of carbonyl (C=O) groups excluding carboxylic acids is 1. The maximum absolute atomic E-state index is 12.1. The first-order chi connectivity index (χ1) is 9.99. The quantitative estimate of drug-likeness (QED) is 0.726. The number of amides is 1. The van der Waals surface area contributed by atoms with Crippen LogP contribution in [0, 0.1) is 5.92 Å². The highest BCUT2D eigenvalue weighted by molar-refractivity contribution is 9.09. The molecule has 0 aromatic heterocycles. The molecule has 1 aromatic carbocycles. The first-order valence-corrected chi connectivity index (χ1v) is 8.18. The van der Waals surface area contributed by atoms with E-state index in [9.17, 15) is 4.79 Å². The van der Waals surface area contributed by atoms with Crippen molar-refractivity contribution in [2.75, 3.05) is 19.5 Å². The predicted octanol–water partition coefficient (Wildman–Crippen LogP) is 3.17. The minimum Gasteiger partial charge on any atom is -0.493 e. The van der Waals surface area contributed by atoms with E-state index in [1.807, 2.05) is 18.2 Å². The molecule has 0 spiro atoms. The smallest absolute Gasteiger partial charge is 0.224 e. The van der Waals surface area contributed by atoms with Gasteiger partial charge in [0, 0.05) is 11.4 Å². The lowest BCUT2D eigenvalue weighted by Crippen LogP contribution is -2.37. The number of ether oxygens (including phenoxy) is 2. The van der Waals surface area contributed by atoms with Crippen LogP contribution in [0.25, 0.3) is 0 Å². The molecular formula is C16H24BrNO3. The average Bonchev–Trinajstić information content (AvgIpc) is 2.45. The van der Waals surface area contributed by atoms with Gasteiger partial charge in [-0.25, -0.2) is 0 Å². The summed E-state index contributed by atoms with van der Waals surface area (Å²) >= 11 is 3.45. The number of halogens is 1. The molecule has 0 bridgehead atoms. The van der Waals surface area contributed by atoms with E-state index in [1.165, 1.54) is 0 Å². The van der Waals surface area contributed by atoms with E-state index in [0.29, 0.717) is 23.8 Å². The van der Waals surface area contributed by atoms with Gasteiger partial charge in [0.2, 0.25) is 5.91 Å². The number of benzene rings is 1. The third kappa shape index (κ3) is 5.96. The van der Waals surface area contributed by atoms with E-state index < -0.39 is 0 Å². The van der Waals surface area contributed by atoms with Gasteiger partial charge in [0.1, 0.15) is 0 Å². The first kappa shape index (κ1) is 17.8. The Labute approximate surface area is 135 Å². The van der Waals surface area contributed by atoms with Crippen LogP contribution in [-0.4, -0.2) is 31.5 Å². The topological polar surface area (TPSA) is 47.6 Å². The monoisotopic (exact) mass is 357 g/mol. The fraction of sp³-hybridized carbons (Fsp3) is 0.562. The van der Waals surface area contributed by atoms with Crippen molar-refractivity contribution in [1.82, 2.24) is 5.32 Å². The fourth-order valence-electron chi connectivity index (χ4n) is 2.18. The number of carbonyl (C=O) groups is 1. The Morgan fingerprint density at radius 2 is 1.90 bits per heavy atom. The van der Waals surface area contributed by atoms with Crippen LogP contribution in [0.3, 0.4) is 0 Å². The van der Waals surface area contributed by atoms with Crippen molar-refractivity contribution < 1.29 is 14.3 Å². The van der Waals surface area contributed by atoms with Crippen molar-refractivity contribution in [1.29, 1.82) is 0 Å². The molecule has 21 heavy (non-hydrogen) atoms. The molecule has 118 valence electrons. The Morgan fingerprint density at radius 3 is 2.43 bits per heavy atom. The van der Waals surface area contributed by atoms with E-state index in [4.69, 9.17) is 9.47 Å². The summed E-state index contributed by atoms with van der Waals surface area (Å²) in [6.45, 7) is 4.30. The number of alkyl halides is 1. The largest absolute Gasteiger partial charge is 0.493 e. The Bertz CT molecular complexity index is 463. The molecule has 0 saturated carbocycles. The summed E-state index contributed by atoms with van der Waals surface area (Å²) in [6, 6.07) is 5.70. The average molecular weight is 358 g/mol. The van der Waals surface area contributed by atoms with Gasteiger partial charge in [0.05, 0.1) is 20.6 Å². The Kier molecular flexibility index (Phi) is 7.57. The van der Waals surface area contributed by atoms with Gasteiger partial charge in [0.15, 0.2) is 11.5 Å². The van der Waals surface area contributed by atoms with E-state index >= 15 is 0 Å². The lowest BCUT2D eigenvalue weighted by molar-refractivity contribution is -0.121. The molecule has 1 rings (SSSR count). The van der Waals surface area contributed by atoms with E-state index in [-0.39, 0.29) is 11.9 Å². The van der Waals surface area contributed by atoms with Crippen molar-refractivity contribution >= 4 is 21.8 Å². The second-order valence-corrected chi connectivity index (χ2v) is 6.06. The lowest BCUT2D eigenvalue weighted by Gasteiger charge is -2.18. The van der Waals surface area contributed by atoms with Crippen molar-refractivity contribution in [2.45, 2.75) is 32.7 Å². The van der Waals surface area contributed by atoms with Crippen molar-refractivity contribution in [3.05, 3.63) is 23.8 Å². The highest BCUT2D eigenvalue weighted by Crippen LogP contribution is 2.27. The third-order valence-electron chi connectivity index (χ3n) is 3.12. The van der Waals surface area contributed by atoms with Gasteiger partial charge in [0.25, 0.3) is 0 Å². The van der Waals surface area contributed by atoms with Crippen LogP contribution >= 0.6 is 15.9 Å². The SMILES string of the molecule is COc1ccc(CC(=O)NC(CBr)CC(C)C)cc1OC. The molecule has 1 unspecified atom stereocenters.